The molecule has 1 aromatic rings. The van der Waals surface area contributed by atoms with Gasteiger partial charge in [-0.15, -0.1) is 0 Å². The van der Waals surface area contributed by atoms with E-state index in [9.17, 15) is 9.90 Å². The molecule has 0 spiro atoms. The predicted octanol–water partition coefficient (Wildman–Crippen LogP) is 1.61. The lowest BCUT2D eigenvalue weighted by Crippen LogP contribution is -2.35. The lowest BCUT2D eigenvalue weighted by molar-refractivity contribution is -0.165. The van der Waals surface area contributed by atoms with Gasteiger partial charge >= 0.3 is 0 Å². The fourth-order valence-electron chi connectivity index (χ4n) is 1.65. The fraction of sp³-hybridized carbons (Fsp3) is 0.417. The highest BCUT2D eigenvalue weighted by Gasteiger charge is 2.44. The summed E-state index contributed by atoms with van der Waals surface area (Å²) < 4.78 is 0. The van der Waals surface area contributed by atoms with Crippen LogP contribution in [0.1, 0.15) is 12.5 Å². The molecule has 2 rings (SSSR count). The summed E-state index contributed by atoms with van der Waals surface area (Å²) in [7, 11) is 0. The molecular weight excluding hydrogens is 242 g/mol. The maximum Gasteiger partial charge on any atom is 0.257 e. The Labute approximate surface area is 105 Å². The smallest absolute Gasteiger partial charge is 0.257 e. The third-order valence-electron chi connectivity index (χ3n) is 2.90. The van der Waals surface area contributed by atoms with Crippen LogP contribution in [0.25, 0.3) is 0 Å². The number of carbonyl (C=O) groups excluding carboxylic acids is 1. The largest absolute Gasteiger partial charge is 0.395 e. The quantitative estimate of drug-likeness (QED) is 0.893. The van der Waals surface area contributed by atoms with Gasteiger partial charge in [-0.3, -0.25) is 9.63 Å². The van der Waals surface area contributed by atoms with E-state index in [1.165, 1.54) is 5.06 Å². The van der Waals surface area contributed by atoms with E-state index in [-0.39, 0.29) is 19.1 Å². The topological polar surface area (TPSA) is 49.8 Å². The lowest BCUT2D eigenvalue weighted by Gasteiger charge is -2.18. The standard InChI is InChI=1S/C12H14ClNO3/c1-12(7-15)8-17-14(11(12)16)6-9-4-2-3-5-10(9)13/h2-5,15H,6-8H2,1H3. The van der Waals surface area contributed by atoms with Gasteiger partial charge < -0.3 is 5.11 Å². The SMILES string of the molecule is CC1(CO)CON(Cc2ccccc2Cl)C1=O. The van der Waals surface area contributed by atoms with Crippen LogP contribution in [-0.4, -0.2) is 29.3 Å². The molecule has 1 unspecified atom stereocenters. The van der Waals surface area contributed by atoms with Crippen molar-refractivity contribution in [2.24, 2.45) is 5.41 Å². The summed E-state index contributed by atoms with van der Waals surface area (Å²) in [6.07, 6.45) is 0. The minimum atomic E-state index is -0.832. The van der Waals surface area contributed by atoms with E-state index in [1.807, 2.05) is 18.2 Å². The van der Waals surface area contributed by atoms with Crippen molar-refractivity contribution in [2.45, 2.75) is 13.5 Å². The average Bonchev–Trinajstić information content (AvgIpc) is 2.61. The zero-order chi connectivity index (χ0) is 12.5. The van der Waals surface area contributed by atoms with Gasteiger partial charge in [-0.25, -0.2) is 5.06 Å². The van der Waals surface area contributed by atoms with Crippen molar-refractivity contribution in [3.8, 4) is 0 Å². The summed E-state index contributed by atoms with van der Waals surface area (Å²) in [5.74, 6) is -0.208. The van der Waals surface area contributed by atoms with Gasteiger partial charge in [0.25, 0.3) is 5.91 Å². The van der Waals surface area contributed by atoms with Crippen molar-refractivity contribution in [2.75, 3.05) is 13.2 Å². The minimum Gasteiger partial charge on any atom is -0.395 e. The third-order valence-corrected chi connectivity index (χ3v) is 3.27. The molecule has 17 heavy (non-hydrogen) atoms. The lowest BCUT2D eigenvalue weighted by atomic mass is 9.93. The first-order valence-electron chi connectivity index (χ1n) is 5.36. The monoisotopic (exact) mass is 255 g/mol. The molecule has 1 fully saturated rings. The number of aliphatic hydroxyl groups is 1. The molecule has 1 saturated heterocycles. The van der Waals surface area contributed by atoms with Gasteiger partial charge in [-0.05, 0) is 18.6 Å². The van der Waals surface area contributed by atoms with Gasteiger partial charge in [0.05, 0.1) is 25.2 Å². The molecule has 0 aromatic heterocycles. The van der Waals surface area contributed by atoms with Gasteiger partial charge in [0.2, 0.25) is 0 Å². The first-order valence-corrected chi connectivity index (χ1v) is 5.74. The highest BCUT2D eigenvalue weighted by Crippen LogP contribution is 2.29. The number of amides is 1. The molecule has 1 amide bonds. The molecule has 1 aliphatic rings. The van der Waals surface area contributed by atoms with E-state index in [0.717, 1.165) is 5.56 Å². The Morgan fingerprint density at radius 2 is 2.24 bits per heavy atom. The van der Waals surface area contributed by atoms with Gasteiger partial charge in [0, 0.05) is 5.02 Å². The molecule has 1 heterocycles. The Bertz CT molecular complexity index is 438. The first kappa shape index (κ1) is 12.4. The van der Waals surface area contributed by atoms with E-state index in [2.05, 4.69) is 0 Å². The molecule has 1 atom stereocenters. The number of benzene rings is 1. The molecule has 0 radical (unpaired) electrons. The molecule has 1 aromatic carbocycles. The van der Waals surface area contributed by atoms with Gasteiger partial charge in [-0.1, -0.05) is 29.8 Å². The van der Waals surface area contributed by atoms with E-state index >= 15 is 0 Å². The summed E-state index contributed by atoms with van der Waals surface area (Å²) in [6.45, 7) is 1.97. The molecular formula is C12H14ClNO3. The molecule has 5 heteroatoms. The van der Waals surface area contributed by atoms with Gasteiger partial charge in [0.1, 0.15) is 0 Å². The van der Waals surface area contributed by atoms with E-state index in [1.54, 1.807) is 13.0 Å². The van der Waals surface area contributed by atoms with Crippen LogP contribution in [0.2, 0.25) is 5.02 Å². The zero-order valence-corrected chi connectivity index (χ0v) is 10.3. The van der Waals surface area contributed by atoms with Crippen LogP contribution < -0.4 is 0 Å². The highest BCUT2D eigenvalue weighted by atomic mass is 35.5. The number of hydroxylamine groups is 2. The second kappa shape index (κ2) is 4.64. The average molecular weight is 256 g/mol. The Morgan fingerprint density at radius 1 is 1.53 bits per heavy atom. The van der Waals surface area contributed by atoms with Crippen LogP contribution in [0.3, 0.4) is 0 Å². The second-order valence-corrected chi connectivity index (χ2v) is 4.83. The molecule has 92 valence electrons. The number of rotatable bonds is 3. The fourth-order valence-corrected chi connectivity index (χ4v) is 1.85. The number of hydrogen-bond acceptors (Lipinski definition) is 3. The van der Waals surface area contributed by atoms with Gasteiger partial charge in [0.15, 0.2) is 0 Å². The van der Waals surface area contributed by atoms with Crippen molar-refractivity contribution >= 4 is 17.5 Å². The zero-order valence-electron chi connectivity index (χ0n) is 9.52. The van der Waals surface area contributed by atoms with Crippen LogP contribution in [0.5, 0.6) is 0 Å². The maximum absolute atomic E-state index is 12.0. The predicted molar refractivity (Wildman–Crippen MR) is 63.1 cm³/mol. The highest BCUT2D eigenvalue weighted by molar-refractivity contribution is 6.31. The summed E-state index contributed by atoms with van der Waals surface area (Å²) in [4.78, 5) is 17.3. The number of hydrogen-bond donors (Lipinski definition) is 1. The number of aliphatic hydroxyl groups excluding tert-OH is 1. The van der Waals surface area contributed by atoms with Crippen LogP contribution in [0.4, 0.5) is 0 Å². The van der Waals surface area contributed by atoms with E-state index in [0.29, 0.717) is 11.6 Å². The number of carbonyl (C=O) groups is 1. The van der Waals surface area contributed by atoms with Crippen LogP contribution >= 0.6 is 11.6 Å². The van der Waals surface area contributed by atoms with Gasteiger partial charge in [-0.2, -0.15) is 0 Å². The Morgan fingerprint density at radius 3 is 2.82 bits per heavy atom. The number of nitrogens with zero attached hydrogens (tertiary/aromatic N) is 1. The third kappa shape index (κ3) is 2.29. The maximum atomic E-state index is 12.0. The molecule has 4 nitrogen and oxygen atoms in total. The van der Waals surface area contributed by atoms with Crippen molar-refractivity contribution < 1.29 is 14.7 Å². The van der Waals surface area contributed by atoms with Crippen LogP contribution in [0.15, 0.2) is 24.3 Å². The van der Waals surface area contributed by atoms with E-state index in [4.69, 9.17) is 16.4 Å². The molecule has 0 bridgehead atoms. The Kier molecular flexibility index (Phi) is 3.38. The van der Waals surface area contributed by atoms with Crippen LogP contribution in [-0.2, 0) is 16.2 Å². The van der Waals surface area contributed by atoms with Crippen molar-refractivity contribution in [1.82, 2.24) is 5.06 Å². The summed E-state index contributed by atoms with van der Waals surface area (Å²) >= 11 is 6.01. The summed E-state index contributed by atoms with van der Waals surface area (Å²) in [5.41, 5.74) is -0.00828. The molecule has 0 saturated carbocycles. The minimum absolute atomic E-state index is 0.201. The van der Waals surface area contributed by atoms with Crippen molar-refractivity contribution in [3.05, 3.63) is 34.9 Å². The number of halogens is 1. The Hall–Kier alpha value is -1.10. The molecule has 1 N–H and O–H groups in total. The van der Waals surface area contributed by atoms with Crippen molar-refractivity contribution in [3.63, 3.8) is 0 Å². The normalized spacial score (nSPS) is 24.4. The first-order chi connectivity index (χ1) is 8.07. The summed E-state index contributed by atoms with van der Waals surface area (Å²) in [6, 6.07) is 7.29. The second-order valence-electron chi connectivity index (χ2n) is 4.43. The molecule has 0 aliphatic carbocycles. The van der Waals surface area contributed by atoms with Crippen molar-refractivity contribution in [1.29, 1.82) is 0 Å². The summed E-state index contributed by atoms with van der Waals surface area (Å²) in [5, 5.41) is 11.0. The Balaban J connectivity index is 2.12. The molecule has 1 aliphatic heterocycles. The van der Waals surface area contributed by atoms with Crippen LogP contribution in [0, 0.1) is 5.41 Å². The van der Waals surface area contributed by atoms with E-state index < -0.39 is 5.41 Å².